The van der Waals surface area contributed by atoms with Crippen molar-refractivity contribution in [1.82, 2.24) is 14.6 Å². The van der Waals surface area contributed by atoms with Crippen LogP contribution in [-0.2, 0) is 14.8 Å². The van der Waals surface area contributed by atoms with Gasteiger partial charge in [0.1, 0.15) is 0 Å². The number of aromatic nitrogens is 1. The van der Waals surface area contributed by atoms with Crippen LogP contribution in [-0.4, -0.2) is 56.0 Å². The van der Waals surface area contributed by atoms with Crippen LogP contribution in [0.25, 0.3) is 10.9 Å². The molecule has 152 valence electrons. The summed E-state index contributed by atoms with van der Waals surface area (Å²) in [7, 11) is -3.68. The second-order valence-corrected chi connectivity index (χ2v) is 8.63. The maximum Gasteiger partial charge on any atom is 0.252 e. The third-order valence-corrected chi connectivity index (χ3v) is 6.96. The van der Waals surface area contributed by atoms with Gasteiger partial charge in [0.05, 0.1) is 16.6 Å². The summed E-state index contributed by atoms with van der Waals surface area (Å²) in [5.41, 5.74) is 0.135. The minimum Gasteiger partial charge on any atom is -0.376 e. The zero-order valence-corrected chi connectivity index (χ0v) is 16.8. The Labute approximate surface area is 163 Å². The molecule has 1 aromatic heterocycles. The Balaban J connectivity index is 1.99. The molecule has 1 aromatic carbocycles. The van der Waals surface area contributed by atoms with Crippen LogP contribution in [0.1, 0.15) is 37.0 Å². The van der Waals surface area contributed by atoms with Crippen molar-refractivity contribution < 1.29 is 17.9 Å². The Morgan fingerprint density at radius 3 is 2.68 bits per heavy atom. The molecule has 1 aliphatic rings. The van der Waals surface area contributed by atoms with Crippen LogP contribution in [0.15, 0.2) is 34.0 Å². The zero-order valence-electron chi connectivity index (χ0n) is 16.0. The molecule has 1 atom stereocenters. The highest BCUT2D eigenvalue weighted by Gasteiger charge is 2.23. The van der Waals surface area contributed by atoms with Gasteiger partial charge in [-0.2, -0.15) is 4.31 Å². The predicted molar refractivity (Wildman–Crippen MR) is 106 cm³/mol. The third kappa shape index (κ3) is 4.11. The topological polar surface area (TPSA) is 109 Å². The lowest BCUT2D eigenvalue weighted by Gasteiger charge is -2.19. The van der Waals surface area contributed by atoms with Crippen molar-refractivity contribution in [1.29, 1.82) is 0 Å². The van der Waals surface area contributed by atoms with E-state index in [0.717, 1.165) is 12.8 Å². The number of fused-ring (bicyclic) bond motifs is 1. The standard InChI is InChI=1S/C19H25N3O5S/c1-3-22(4-2)28(25,26)14-7-8-17-15(10-14)16(11-18(23)21-17)19(24)20-12-13-6-5-9-27-13/h7-8,10-11,13H,3-6,9,12H2,1-2H3,(H,20,24)(H,21,23)/t13-/m0/s1. The molecular weight excluding hydrogens is 382 g/mol. The minimum absolute atomic E-state index is 0.0317. The van der Waals surface area contributed by atoms with E-state index < -0.39 is 21.5 Å². The van der Waals surface area contributed by atoms with Gasteiger partial charge in [-0.25, -0.2) is 8.42 Å². The van der Waals surface area contributed by atoms with Crippen LogP contribution in [0.2, 0.25) is 0 Å². The summed E-state index contributed by atoms with van der Waals surface area (Å²) < 4.78 is 32.5. The molecule has 8 nitrogen and oxygen atoms in total. The molecule has 1 aliphatic heterocycles. The number of amides is 1. The Morgan fingerprint density at radius 1 is 1.29 bits per heavy atom. The number of nitrogens with zero attached hydrogens (tertiary/aromatic N) is 1. The summed E-state index contributed by atoms with van der Waals surface area (Å²) in [5, 5.41) is 3.17. The number of rotatable bonds is 7. The zero-order chi connectivity index (χ0) is 20.3. The maximum absolute atomic E-state index is 12.8. The number of sulfonamides is 1. The highest BCUT2D eigenvalue weighted by Crippen LogP contribution is 2.23. The number of H-pyrrole nitrogens is 1. The van der Waals surface area contributed by atoms with E-state index >= 15 is 0 Å². The van der Waals surface area contributed by atoms with E-state index in [1.165, 1.54) is 28.6 Å². The number of hydrogen-bond acceptors (Lipinski definition) is 5. The van der Waals surface area contributed by atoms with Gasteiger partial charge in [0.2, 0.25) is 15.6 Å². The lowest BCUT2D eigenvalue weighted by atomic mass is 10.1. The van der Waals surface area contributed by atoms with Gasteiger partial charge in [0, 0.05) is 43.2 Å². The summed E-state index contributed by atoms with van der Waals surface area (Å²) in [4.78, 5) is 27.4. The largest absolute Gasteiger partial charge is 0.376 e. The molecule has 0 saturated carbocycles. The van der Waals surface area contributed by atoms with E-state index in [-0.39, 0.29) is 16.6 Å². The lowest BCUT2D eigenvalue weighted by Crippen LogP contribution is -2.32. The number of carbonyl (C=O) groups excluding carboxylic acids is 1. The molecule has 3 rings (SSSR count). The summed E-state index contributed by atoms with van der Waals surface area (Å²) in [6.45, 7) is 5.26. The Bertz CT molecular complexity index is 1020. The molecule has 0 aliphatic carbocycles. The number of hydrogen-bond donors (Lipinski definition) is 2. The number of ether oxygens (including phenoxy) is 1. The van der Waals surface area contributed by atoms with Gasteiger partial charge in [0.15, 0.2) is 0 Å². The summed E-state index contributed by atoms with van der Waals surface area (Å²) in [5.74, 6) is -0.427. The van der Waals surface area contributed by atoms with Gasteiger partial charge in [0.25, 0.3) is 5.91 Å². The first-order valence-electron chi connectivity index (χ1n) is 9.43. The van der Waals surface area contributed by atoms with Crippen LogP contribution in [0.5, 0.6) is 0 Å². The normalized spacial score (nSPS) is 17.3. The number of benzene rings is 1. The van der Waals surface area contributed by atoms with Crippen LogP contribution < -0.4 is 10.9 Å². The van der Waals surface area contributed by atoms with Gasteiger partial charge in [-0.05, 0) is 31.0 Å². The quantitative estimate of drug-likeness (QED) is 0.722. The molecular formula is C19H25N3O5S. The average Bonchev–Trinajstić information content (AvgIpc) is 3.19. The van der Waals surface area contributed by atoms with Crippen LogP contribution in [0, 0.1) is 0 Å². The average molecular weight is 407 g/mol. The van der Waals surface area contributed by atoms with Crippen LogP contribution in [0.3, 0.4) is 0 Å². The van der Waals surface area contributed by atoms with Crippen molar-refractivity contribution in [3.63, 3.8) is 0 Å². The van der Waals surface area contributed by atoms with E-state index in [0.29, 0.717) is 37.1 Å². The minimum atomic E-state index is -3.68. The molecule has 2 heterocycles. The molecule has 0 bridgehead atoms. The SMILES string of the molecule is CCN(CC)S(=O)(=O)c1ccc2[nH]c(=O)cc(C(=O)NC[C@@H]3CCCO3)c2c1. The molecule has 1 saturated heterocycles. The molecule has 2 N–H and O–H groups in total. The second-order valence-electron chi connectivity index (χ2n) is 6.69. The van der Waals surface area contributed by atoms with E-state index in [2.05, 4.69) is 10.3 Å². The number of aromatic amines is 1. The van der Waals surface area contributed by atoms with Crippen molar-refractivity contribution in [2.75, 3.05) is 26.2 Å². The van der Waals surface area contributed by atoms with Gasteiger partial charge in [-0.15, -0.1) is 0 Å². The van der Waals surface area contributed by atoms with E-state index in [1.807, 2.05) is 0 Å². The first-order chi connectivity index (χ1) is 13.4. The maximum atomic E-state index is 12.8. The van der Waals surface area contributed by atoms with Gasteiger partial charge in [-0.1, -0.05) is 13.8 Å². The fraction of sp³-hybridized carbons (Fsp3) is 0.474. The van der Waals surface area contributed by atoms with Crippen molar-refractivity contribution in [2.45, 2.75) is 37.7 Å². The number of nitrogens with one attached hydrogen (secondary N) is 2. The second kappa shape index (κ2) is 8.42. The van der Waals surface area contributed by atoms with Crippen LogP contribution in [0.4, 0.5) is 0 Å². The monoisotopic (exact) mass is 407 g/mol. The van der Waals surface area contributed by atoms with Crippen molar-refractivity contribution >= 4 is 26.8 Å². The highest BCUT2D eigenvalue weighted by molar-refractivity contribution is 7.89. The third-order valence-electron chi connectivity index (χ3n) is 4.92. The van der Waals surface area contributed by atoms with Gasteiger partial charge in [-0.3, -0.25) is 9.59 Å². The summed E-state index contributed by atoms with van der Waals surface area (Å²) >= 11 is 0. The predicted octanol–water partition coefficient (Wildman–Crippen LogP) is 1.47. The molecule has 28 heavy (non-hydrogen) atoms. The fourth-order valence-electron chi connectivity index (χ4n) is 3.40. The fourth-order valence-corrected chi connectivity index (χ4v) is 4.89. The van der Waals surface area contributed by atoms with Crippen LogP contribution >= 0.6 is 0 Å². The first kappa shape index (κ1) is 20.5. The van der Waals surface area contributed by atoms with Crippen molar-refractivity contribution in [2.24, 2.45) is 0 Å². The summed E-state index contributed by atoms with van der Waals surface area (Å²) in [6, 6.07) is 5.60. The smallest absolute Gasteiger partial charge is 0.252 e. The molecule has 2 aromatic rings. The van der Waals surface area contributed by atoms with E-state index in [1.54, 1.807) is 13.8 Å². The molecule has 9 heteroatoms. The van der Waals surface area contributed by atoms with Gasteiger partial charge >= 0.3 is 0 Å². The van der Waals surface area contributed by atoms with Crippen molar-refractivity contribution in [3.8, 4) is 0 Å². The Hall–Kier alpha value is -2.23. The lowest BCUT2D eigenvalue weighted by molar-refractivity contribution is 0.0859. The molecule has 0 unspecified atom stereocenters. The first-order valence-corrected chi connectivity index (χ1v) is 10.9. The molecule has 1 amide bonds. The van der Waals surface area contributed by atoms with E-state index in [4.69, 9.17) is 4.74 Å². The molecule has 0 spiro atoms. The Morgan fingerprint density at radius 2 is 2.04 bits per heavy atom. The summed E-state index contributed by atoms with van der Waals surface area (Å²) in [6.07, 6.45) is 1.81. The molecule has 1 fully saturated rings. The highest BCUT2D eigenvalue weighted by atomic mass is 32.2. The Kier molecular flexibility index (Phi) is 6.17. The van der Waals surface area contributed by atoms with Crippen molar-refractivity contribution in [3.05, 3.63) is 40.2 Å². The molecule has 0 radical (unpaired) electrons. The van der Waals surface area contributed by atoms with Gasteiger partial charge < -0.3 is 15.0 Å². The number of carbonyl (C=O) groups is 1. The van der Waals surface area contributed by atoms with E-state index in [9.17, 15) is 18.0 Å². The number of pyridine rings is 1.